The second-order valence-electron chi connectivity index (χ2n) is 3.84. The summed E-state index contributed by atoms with van der Waals surface area (Å²) in [6.07, 6.45) is 2.91. The van der Waals surface area contributed by atoms with Crippen molar-refractivity contribution in [2.75, 3.05) is 13.2 Å². The van der Waals surface area contributed by atoms with Crippen LogP contribution >= 0.6 is 0 Å². The number of ether oxygens (including phenoxy) is 1. The van der Waals surface area contributed by atoms with Crippen LogP contribution in [0.25, 0.3) is 0 Å². The summed E-state index contributed by atoms with van der Waals surface area (Å²) in [7, 11) is 0. The van der Waals surface area contributed by atoms with Gasteiger partial charge in [-0.2, -0.15) is 0 Å². The largest absolute Gasteiger partial charge is 0.494 e. The zero-order valence-corrected chi connectivity index (χ0v) is 10.2. The molecule has 0 aliphatic rings. The molecule has 0 amide bonds. The molecule has 0 saturated carbocycles. The van der Waals surface area contributed by atoms with Crippen molar-refractivity contribution >= 4 is 0 Å². The second kappa shape index (κ2) is 7.07. The van der Waals surface area contributed by atoms with Gasteiger partial charge in [0.25, 0.3) is 0 Å². The van der Waals surface area contributed by atoms with Gasteiger partial charge in [0.15, 0.2) is 0 Å². The third-order valence-electron chi connectivity index (χ3n) is 2.42. The van der Waals surface area contributed by atoms with Crippen LogP contribution in [0.15, 0.2) is 36.9 Å². The lowest BCUT2D eigenvalue weighted by atomic mass is 10.1. The smallest absolute Gasteiger partial charge is 0.119 e. The van der Waals surface area contributed by atoms with Crippen LogP contribution in [0.4, 0.5) is 0 Å². The Labute approximate surface area is 98.3 Å². The van der Waals surface area contributed by atoms with Gasteiger partial charge in [0.1, 0.15) is 5.75 Å². The van der Waals surface area contributed by atoms with E-state index in [0.29, 0.717) is 6.04 Å². The highest BCUT2D eigenvalue weighted by atomic mass is 16.5. The summed E-state index contributed by atoms with van der Waals surface area (Å²) in [6.45, 7) is 9.55. The molecule has 0 aliphatic carbocycles. The van der Waals surface area contributed by atoms with Crippen molar-refractivity contribution in [3.05, 3.63) is 42.5 Å². The van der Waals surface area contributed by atoms with E-state index in [2.05, 4.69) is 37.9 Å². The maximum atomic E-state index is 5.53. The molecule has 1 atom stereocenters. The molecule has 0 spiro atoms. The van der Waals surface area contributed by atoms with Gasteiger partial charge in [-0.25, -0.2) is 0 Å². The van der Waals surface area contributed by atoms with E-state index in [-0.39, 0.29) is 0 Å². The van der Waals surface area contributed by atoms with Gasteiger partial charge in [0.2, 0.25) is 0 Å². The van der Waals surface area contributed by atoms with Crippen LogP contribution in [-0.2, 0) is 0 Å². The molecule has 2 nitrogen and oxygen atoms in total. The SMILES string of the molecule is C=CCNC(C)c1ccc(OCCC)cc1. The first-order valence-corrected chi connectivity index (χ1v) is 5.85. The number of nitrogens with one attached hydrogen (secondary N) is 1. The van der Waals surface area contributed by atoms with Crippen molar-refractivity contribution < 1.29 is 4.74 Å². The summed E-state index contributed by atoms with van der Waals surface area (Å²) >= 11 is 0. The van der Waals surface area contributed by atoms with Gasteiger partial charge in [-0.05, 0) is 31.0 Å². The maximum Gasteiger partial charge on any atom is 0.119 e. The lowest BCUT2D eigenvalue weighted by molar-refractivity contribution is 0.317. The van der Waals surface area contributed by atoms with Crippen LogP contribution in [0.3, 0.4) is 0 Å². The van der Waals surface area contributed by atoms with E-state index in [4.69, 9.17) is 4.74 Å². The topological polar surface area (TPSA) is 21.3 Å². The van der Waals surface area contributed by atoms with Gasteiger partial charge in [0, 0.05) is 12.6 Å². The molecule has 2 heteroatoms. The average molecular weight is 219 g/mol. The molecule has 1 aromatic rings. The predicted molar refractivity (Wildman–Crippen MR) is 68.8 cm³/mol. The quantitative estimate of drug-likeness (QED) is 0.710. The van der Waals surface area contributed by atoms with E-state index in [1.54, 1.807) is 0 Å². The highest BCUT2D eigenvalue weighted by Gasteiger charge is 2.03. The monoisotopic (exact) mass is 219 g/mol. The zero-order valence-electron chi connectivity index (χ0n) is 10.2. The number of hydrogen-bond acceptors (Lipinski definition) is 2. The normalized spacial score (nSPS) is 12.1. The number of hydrogen-bond donors (Lipinski definition) is 1. The Morgan fingerprint density at radius 2 is 2.06 bits per heavy atom. The first-order valence-electron chi connectivity index (χ1n) is 5.85. The van der Waals surface area contributed by atoms with Crippen LogP contribution in [0.2, 0.25) is 0 Å². The Morgan fingerprint density at radius 1 is 1.38 bits per heavy atom. The molecule has 1 N–H and O–H groups in total. The summed E-state index contributed by atoms with van der Waals surface area (Å²) in [5.41, 5.74) is 1.27. The van der Waals surface area contributed by atoms with Crippen LogP contribution in [-0.4, -0.2) is 13.2 Å². The van der Waals surface area contributed by atoms with Gasteiger partial charge in [-0.15, -0.1) is 6.58 Å². The number of benzene rings is 1. The average Bonchev–Trinajstić information content (AvgIpc) is 2.34. The minimum Gasteiger partial charge on any atom is -0.494 e. The lowest BCUT2D eigenvalue weighted by Gasteiger charge is -2.13. The van der Waals surface area contributed by atoms with Gasteiger partial charge >= 0.3 is 0 Å². The second-order valence-corrected chi connectivity index (χ2v) is 3.84. The highest BCUT2D eigenvalue weighted by molar-refractivity contribution is 5.28. The van der Waals surface area contributed by atoms with Crippen molar-refractivity contribution in [1.29, 1.82) is 0 Å². The molecule has 1 unspecified atom stereocenters. The van der Waals surface area contributed by atoms with Crippen molar-refractivity contribution in [1.82, 2.24) is 5.32 Å². The summed E-state index contributed by atoms with van der Waals surface area (Å²) < 4.78 is 5.53. The summed E-state index contributed by atoms with van der Waals surface area (Å²) in [4.78, 5) is 0. The van der Waals surface area contributed by atoms with E-state index in [1.165, 1.54) is 5.56 Å². The molecule has 0 aromatic heterocycles. The van der Waals surface area contributed by atoms with Crippen LogP contribution in [0.1, 0.15) is 31.9 Å². The molecule has 0 saturated heterocycles. The van der Waals surface area contributed by atoms with Crippen molar-refractivity contribution in [3.63, 3.8) is 0 Å². The Bertz CT molecular complexity index is 305. The van der Waals surface area contributed by atoms with Crippen molar-refractivity contribution in [3.8, 4) is 5.75 Å². The van der Waals surface area contributed by atoms with E-state index in [1.807, 2.05) is 18.2 Å². The summed E-state index contributed by atoms with van der Waals surface area (Å²) in [5, 5.41) is 3.35. The first-order chi connectivity index (χ1) is 7.77. The minimum atomic E-state index is 0.346. The van der Waals surface area contributed by atoms with Crippen LogP contribution < -0.4 is 10.1 Å². The molecule has 16 heavy (non-hydrogen) atoms. The predicted octanol–water partition coefficient (Wildman–Crippen LogP) is 3.31. The molecule has 0 aliphatic heterocycles. The van der Waals surface area contributed by atoms with Crippen LogP contribution in [0.5, 0.6) is 5.75 Å². The Hall–Kier alpha value is -1.28. The summed E-state index contributed by atoms with van der Waals surface area (Å²) in [5.74, 6) is 0.946. The van der Waals surface area contributed by atoms with E-state index in [0.717, 1.165) is 25.3 Å². The fourth-order valence-corrected chi connectivity index (χ4v) is 1.45. The molecule has 0 bridgehead atoms. The maximum absolute atomic E-state index is 5.53. The standard InChI is InChI=1S/C14H21NO/c1-4-10-15-12(3)13-6-8-14(9-7-13)16-11-5-2/h4,6-9,12,15H,1,5,10-11H2,2-3H3. The molecule has 88 valence electrons. The Balaban J connectivity index is 2.52. The number of rotatable bonds is 7. The third kappa shape index (κ3) is 4.07. The molecule has 1 rings (SSSR count). The van der Waals surface area contributed by atoms with Crippen molar-refractivity contribution in [2.24, 2.45) is 0 Å². The molecule has 0 radical (unpaired) electrons. The fraction of sp³-hybridized carbons (Fsp3) is 0.429. The molecule has 0 heterocycles. The Kier molecular flexibility index (Phi) is 5.65. The first kappa shape index (κ1) is 12.8. The van der Waals surface area contributed by atoms with E-state index >= 15 is 0 Å². The van der Waals surface area contributed by atoms with Gasteiger partial charge in [-0.1, -0.05) is 25.1 Å². The van der Waals surface area contributed by atoms with E-state index in [9.17, 15) is 0 Å². The summed E-state index contributed by atoms with van der Waals surface area (Å²) in [6, 6.07) is 8.60. The molecule has 0 fully saturated rings. The zero-order chi connectivity index (χ0) is 11.8. The van der Waals surface area contributed by atoms with Gasteiger partial charge < -0.3 is 10.1 Å². The van der Waals surface area contributed by atoms with Crippen molar-refractivity contribution in [2.45, 2.75) is 26.3 Å². The lowest BCUT2D eigenvalue weighted by Crippen LogP contribution is -2.18. The Morgan fingerprint density at radius 3 is 2.62 bits per heavy atom. The third-order valence-corrected chi connectivity index (χ3v) is 2.42. The minimum absolute atomic E-state index is 0.346. The molecule has 1 aromatic carbocycles. The van der Waals surface area contributed by atoms with E-state index < -0.39 is 0 Å². The highest BCUT2D eigenvalue weighted by Crippen LogP contribution is 2.17. The molecular weight excluding hydrogens is 198 g/mol. The van der Waals surface area contributed by atoms with Gasteiger partial charge in [-0.3, -0.25) is 0 Å². The fourth-order valence-electron chi connectivity index (χ4n) is 1.45. The van der Waals surface area contributed by atoms with Gasteiger partial charge in [0.05, 0.1) is 6.61 Å². The van der Waals surface area contributed by atoms with Crippen LogP contribution in [0, 0.1) is 0 Å². The molecular formula is C14H21NO.